The molecule has 7 heteroatoms. The minimum absolute atomic E-state index is 0.0783. The fraction of sp³-hybridized carbons (Fsp3) is 0.167. The number of hydrogen-bond acceptors (Lipinski definition) is 4. The SMILES string of the molecule is COC(=O)Cc1cc(Br)c2ccn(S(=O)(=O)Cc3ccccc3)c2c1. The van der Waals surface area contributed by atoms with E-state index in [1.54, 1.807) is 30.3 Å². The third-order valence-corrected chi connectivity index (χ3v) is 6.12. The summed E-state index contributed by atoms with van der Waals surface area (Å²) in [5.74, 6) is -0.479. The first kappa shape index (κ1) is 17.7. The van der Waals surface area contributed by atoms with Crippen molar-refractivity contribution < 1.29 is 17.9 Å². The van der Waals surface area contributed by atoms with Gasteiger partial charge in [-0.25, -0.2) is 12.4 Å². The number of carbonyl (C=O) groups excluding carboxylic acids is 1. The molecule has 5 nitrogen and oxygen atoms in total. The van der Waals surface area contributed by atoms with Crippen molar-refractivity contribution in [3.63, 3.8) is 0 Å². The molecule has 130 valence electrons. The van der Waals surface area contributed by atoms with Gasteiger partial charge in [0, 0.05) is 16.1 Å². The minimum Gasteiger partial charge on any atom is -0.469 e. The largest absolute Gasteiger partial charge is 0.469 e. The van der Waals surface area contributed by atoms with Crippen LogP contribution in [0.25, 0.3) is 10.9 Å². The Morgan fingerprint density at radius 1 is 1.12 bits per heavy atom. The number of rotatable bonds is 5. The molecule has 0 radical (unpaired) electrons. The van der Waals surface area contributed by atoms with E-state index in [9.17, 15) is 13.2 Å². The summed E-state index contributed by atoms with van der Waals surface area (Å²) >= 11 is 3.45. The summed E-state index contributed by atoms with van der Waals surface area (Å²) in [5, 5.41) is 0.769. The highest BCUT2D eigenvalue weighted by molar-refractivity contribution is 9.10. The molecule has 0 atom stereocenters. The maximum atomic E-state index is 12.8. The molecule has 0 saturated heterocycles. The monoisotopic (exact) mass is 421 g/mol. The number of carbonyl (C=O) groups is 1. The molecule has 0 aliphatic heterocycles. The highest BCUT2D eigenvalue weighted by atomic mass is 79.9. The third kappa shape index (κ3) is 3.77. The zero-order chi connectivity index (χ0) is 18.0. The van der Waals surface area contributed by atoms with Gasteiger partial charge in [-0.05, 0) is 29.3 Å². The maximum absolute atomic E-state index is 12.8. The Morgan fingerprint density at radius 2 is 1.84 bits per heavy atom. The fourth-order valence-electron chi connectivity index (χ4n) is 2.67. The molecule has 1 heterocycles. The van der Waals surface area contributed by atoms with E-state index in [1.165, 1.54) is 17.3 Å². The van der Waals surface area contributed by atoms with Gasteiger partial charge in [0.05, 0.1) is 24.8 Å². The van der Waals surface area contributed by atoms with Gasteiger partial charge in [-0.2, -0.15) is 0 Å². The van der Waals surface area contributed by atoms with Crippen molar-refractivity contribution in [2.45, 2.75) is 12.2 Å². The Bertz CT molecular complexity index is 1030. The number of fused-ring (bicyclic) bond motifs is 1. The molecule has 0 unspecified atom stereocenters. The van der Waals surface area contributed by atoms with Gasteiger partial charge in [0.1, 0.15) is 0 Å². The lowest BCUT2D eigenvalue weighted by Gasteiger charge is -2.09. The predicted molar refractivity (Wildman–Crippen MR) is 99.8 cm³/mol. The molecular weight excluding hydrogens is 406 g/mol. The molecule has 0 aliphatic rings. The van der Waals surface area contributed by atoms with Crippen molar-refractivity contribution in [2.24, 2.45) is 0 Å². The van der Waals surface area contributed by atoms with Gasteiger partial charge in [-0.15, -0.1) is 0 Å². The molecule has 3 aromatic rings. The first-order chi connectivity index (χ1) is 11.9. The van der Waals surface area contributed by atoms with Crippen molar-refractivity contribution >= 4 is 42.8 Å². The Balaban J connectivity index is 2.05. The Labute approximate surface area is 154 Å². The second-order valence-electron chi connectivity index (χ2n) is 5.62. The van der Waals surface area contributed by atoms with Gasteiger partial charge in [0.25, 0.3) is 0 Å². The number of hydrogen-bond donors (Lipinski definition) is 0. The van der Waals surface area contributed by atoms with E-state index >= 15 is 0 Å². The van der Waals surface area contributed by atoms with Gasteiger partial charge in [-0.1, -0.05) is 46.3 Å². The lowest BCUT2D eigenvalue weighted by molar-refractivity contribution is -0.139. The fourth-order valence-corrected chi connectivity index (χ4v) is 4.74. The van der Waals surface area contributed by atoms with Crippen LogP contribution in [-0.2, 0) is 31.7 Å². The molecule has 0 aliphatic carbocycles. The lowest BCUT2D eigenvalue weighted by atomic mass is 10.1. The van der Waals surface area contributed by atoms with Crippen LogP contribution in [0.2, 0.25) is 0 Å². The minimum atomic E-state index is -3.58. The zero-order valence-electron chi connectivity index (χ0n) is 13.5. The van der Waals surface area contributed by atoms with Crippen LogP contribution in [-0.4, -0.2) is 25.5 Å². The standard InChI is InChI=1S/C18H16BrNO4S/c1-24-18(21)11-14-9-16(19)15-7-8-20(17(15)10-14)25(22,23)12-13-5-3-2-4-6-13/h2-10H,11-12H2,1H3. The summed E-state index contributed by atoms with van der Waals surface area (Å²) in [6.07, 6.45) is 1.62. The molecule has 2 aromatic carbocycles. The van der Waals surface area contributed by atoms with Crippen molar-refractivity contribution in [1.29, 1.82) is 0 Å². The van der Waals surface area contributed by atoms with Crippen LogP contribution in [0.3, 0.4) is 0 Å². The lowest BCUT2D eigenvalue weighted by Crippen LogP contribution is -2.14. The smallest absolute Gasteiger partial charge is 0.309 e. The van der Waals surface area contributed by atoms with Crippen molar-refractivity contribution in [3.8, 4) is 0 Å². The van der Waals surface area contributed by atoms with E-state index < -0.39 is 10.0 Å². The van der Waals surface area contributed by atoms with E-state index in [0.717, 1.165) is 9.86 Å². The summed E-state index contributed by atoms with van der Waals surface area (Å²) in [6, 6.07) is 14.3. The van der Waals surface area contributed by atoms with Crippen molar-refractivity contribution in [3.05, 3.63) is 70.3 Å². The van der Waals surface area contributed by atoms with E-state index in [1.807, 2.05) is 18.2 Å². The number of benzene rings is 2. The van der Waals surface area contributed by atoms with Crippen LogP contribution in [0, 0.1) is 0 Å². The molecule has 3 rings (SSSR count). The molecule has 0 saturated carbocycles. The van der Waals surface area contributed by atoms with Gasteiger partial charge in [0.2, 0.25) is 10.0 Å². The number of esters is 1. The molecule has 0 bridgehead atoms. The van der Waals surface area contributed by atoms with Crippen molar-refractivity contribution in [2.75, 3.05) is 7.11 Å². The number of ether oxygens (including phenoxy) is 1. The summed E-state index contributed by atoms with van der Waals surface area (Å²) < 4.78 is 32.4. The molecule has 1 aromatic heterocycles. The summed E-state index contributed by atoms with van der Waals surface area (Å²) in [7, 11) is -2.26. The van der Waals surface area contributed by atoms with E-state index in [0.29, 0.717) is 16.6 Å². The number of methoxy groups -OCH3 is 1. The van der Waals surface area contributed by atoms with Crippen LogP contribution in [0.4, 0.5) is 0 Å². The molecule has 25 heavy (non-hydrogen) atoms. The summed E-state index contributed by atoms with van der Waals surface area (Å²) in [6.45, 7) is 0. The Kier molecular flexibility index (Phi) is 4.96. The van der Waals surface area contributed by atoms with E-state index in [2.05, 4.69) is 20.7 Å². The first-order valence-electron chi connectivity index (χ1n) is 7.54. The molecule has 0 fully saturated rings. The highest BCUT2D eigenvalue weighted by Gasteiger charge is 2.18. The Hall–Kier alpha value is -2.12. The topological polar surface area (TPSA) is 65.4 Å². The predicted octanol–water partition coefficient (Wildman–Crippen LogP) is 3.50. The van der Waals surface area contributed by atoms with Crippen LogP contribution < -0.4 is 0 Å². The Morgan fingerprint density at radius 3 is 2.52 bits per heavy atom. The summed E-state index contributed by atoms with van der Waals surface area (Å²) in [5.41, 5.74) is 1.93. The van der Waals surface area contributed by atoms with Gasteiger partial charge < -0.3 is 4.74 Å². The number of nitrogens with zero attached hydrogens (tertiary/aromatic N) is 1. The number of halogens is 1. The number of aromatic nitrogens is 1. The average Bonchev–Trinajstić information content (AvgIpc) is 3.00. The first-order valence-corrected chi connectivity index (χ1v) is 9.94. The van der Waals surface area contributed by atoms with Crippen LogP contribution >= 0.6 is 15.9 Å². The molecule has 0 N–H and O–H groups in total. The van der Waals surface area contributed by atoms with E-state index in [4.69, 9.17) is 0 Å². The van der Waals surface area contributed by atoms with Crippen molar-refractivity contribution in [1.82, 2.24) is 3.97 Å². The van der Waals surface area contributed by atoms with E-state index in [-0.39, 0.29) is 18.1 Å². The second-order valence-corrected chi connectivity index (χ2v) is 8.32. The van der Waals surface area contributed by atoms with Gasteiger partial charge in [0.15, 0.2) is 0 Å². The normalized spacial score (nSPS) is 11.6. The highest BCUT2D eigenvalue weighted by Crippen LogP contribution is 2.29. The second kappa shape index (κ2) is 7.01. The maximum Gasteiger partial charge on any atom is 0.309 e. The zero-order valence-corrected chi connectivity index (χ0v) is 15.9. The quantitative estimate of drug-likeness (QED) is 0.591. The van der Waals surface area contributed by atoms with Crippen LogP contribution in [0.1, 0.15) is 11.1 Å². The van der Waals surface area contributed by atoms with Crippen LogP contribution in [0.15, 0.2) is 59.2 Å². The van der Waals surface area contributed by atoms with Gasteiger partial charge in [-0.3, -0.25) is 4.79 Å². The third-order valence-electron chi connectivity index (χ3n) is 3.85. The average molecular weight is 422 g/mol. The molecular formula is C18H16BrNO4S. The summed E-state index contributed by atoms with van der Waals surface area (Å²) in [4.78, 5) is 11.5. The van der Waals surface area contributed by atoms with Gasteiger partial charge >= 0.3 is 5.97 Å². The molecule has 0 amide bonds. The van der Waals surface area contributed by atoms with Crippen LogP contribution in [0.5, 0.6) is 0 Å². The molecule has 0 spiro atoms.